The zero-order valence-corrected chi connectivity index (χ0v) is 12.4. The van der Waals surface area contributed by atoms with Gasteiger partial charge in [-0.15, -0.1) is 0 Å². The van der Waals surface area contributed by atoms with Crippen molar-refractivity contribution in [3.63, 3.8) is 0 Å². The summed E-state index contributed by atoms with van der Waals surface area (Å²) in [6, 6.07) is 9.15. The molecule has 2 heterocycles. The second-order valence-corrected chi connectivity index (χ2v) is 7.39. The standard InChI is InChI=1S/C13H19N4O2P/c1-2-17(12-6-4-3-5-7-12)13(18)14-20(19,15-8-9-15)16-10-11-16/h3-7H,2,8-11H2,1H3,(H,14,18,19). The van der Waals surface area contributed by atoms with Crippen molar-refractivity contribution in [2.45, 2.75) is 6.92 Å². The van der Waals surface area contributed by atoms with E-state index in [1.54, 1.807) is 4.90 Å². The summed E-state index contributed by atoms with van der Waals surface area (Å²) in [6.45, 7) is 5.64. The van der Waals surface area contributed by atoms with E-state index >= 15 is 0 Å². The number of rotatable bonds is 5. The Morgan fingerprint density at radius 1 is 1.20 bits per heavy atom. The second-order valence-electron chi connectivity index (χ2n) is 4.95. The Hall–Kier alpha value is -1.36. The maximum absolute atomic E-state index is 12.9. The SMILES string of the molecule is CCN(C(=O)NP(=O)(N1CC1)N1CC1)c1ccccc1. The normalized spacial score (nSPS) is 18.6. The summed E-state index contributed by atoms with van der Waals surface area (Å²) in [5.74, 6) is 0. The second kappa shape index (κ2) is 5.20. The van der Waals surface area contributed by atoms with Gasteiger partial charge in [0.2, 0.25) is 0 Å². The minimum atomic E-state index is -2.86. The third kappa shape index (κ3) is 2.59. The van der Waals surface area contributed by atoms with Crippen molar-refractivity contribution in [2.75, 3.05) is 37.6 Å². The maximum Gasteiger partial charge on any atom is 0.329 e. The van der Waals surface area contributed by atoms with Crippen LogP contribution in [0.4, 0.5) is 10.5 Å². The van der Waals surface area contributed by atoms with Gasteiger partial charge in [0.05, 0.1) is 0 Å². The summed E-state index contributed by atoms with van der Waals surface area (Å²) in [7, 11) is -2.86. The number of para-hydroxylation sites is 1. The van der Waals surface area contributed by atoms with Crippen LogP contribution in [0.3, 0.4) is 0 Å². The fourth-order valence-electron chi connectivity index (χ4n) is 2.19. The minimum Gasteiger partial charge on any atom is -0.294 e. The molecule has 1 aromatic carbocycles. The average Bonchev–Trinajstić information content (AvgIpc) is 3.32. The molecule has 0 radical (unpaired) electrons. The minimum absolute atomic E-state index is 0.291. The van der Waals surface area contributed by atoms with Gasteiger partial charge in [0.15, 0.2) is 0 Å². The predicted octanol–water partition coefficient (Wildman–Crippen LogP) is 1.96. The lowest BCUT2D eigenvalue weighted by molar-refractivity contribution is 0.250. The molecule has 1 aromatic rings. The fraction of sp³-hybridized carbons (Fsp3) is 0.462. The smallest absolute Gasteiger partial charge is 0.294 e. The number of carbonyl (C=O) groups excluding carboxylic acids is 1. The van der Waals surface area contributed by atoms with Crippen molar-refractivity contribution in [1.29, 1.82) is 0 Å². The van der Waals surface area contributed by atoms with Gasteiger partial charge in [0, 0.05) is 38.4 Å². The van der Waals surface area contributed by atoms with Crippen LogP contribution in [-0.4, -0.2) is 48.1 Å². The first-order valence-electron chi connectivity index (χ1n) is 6.91. The van der Waals surface area contributed by atoms with Crippen LogP contribution in [0.1, 0.15) is 6.92 Å². The highest BCUT2D eigenvalue weighted by molar-refractivity contribution is 7.58. The molecular formula is C13H19N4O2P. The van der Waals surface area contributed by atoms with Crippen molar-refractivity contribution in [2.24, 2.45) is 0 Å². The molecule has 2 fully saturated rings. The third-order valence-corrected chi connectivity index (χ3v) is 6.30. The lowest BCUT2D eigenvalue weighted by Crippen LogP contribution is -2.40. The molecule has 7 heteroatoms. The number of anilines is 1. The van der Waals surface area contributed by atoms with Gasteiger partial charge in [-0.25, -0.2) is 14.1 Å². The number of hydrogen-bond donors (Lipinski definition) is 1. The summed E-state index contributed by atoms with van der Waals surface area (Å²) in [5.41, 5.74) is 0.815. The number of urea groups is 1. The average molecular weight is 294 g/mol. The van der Waals surface area contributed by atoms with Gasteiger partial charge in [-0.3, -0.25) is 14.6 Å². The summed E-state index contributed by atoms with van der Waals surface area (Å²) in [6.07, 6.45) is 0. The molecule has 2 amide bonds. The molecule has 1 N–H and O–H groups in total. The Kier molecular flexibility index (Phi) is 3.54. The monoisotopic (exact) mass is 294 g/mol. The van der Waals surface area contributed by atoms with Crippen LogP contribution < -0.4 is 9.99 Å². The van der Waals surface area contributed by atoms with Crippen molar-refractivity contribution >= 4 is 19.3 Å². The Labute approximate surface area is 118 Å². The third-order valence-electron chi connectivity index (χ3n) is 3.48. The Bertz CT molecular complexity index is 527. The van der Waals surface area contributed by atoms with Crippen LogP contribution in [-0.2, 0) is 4.57 Å². The lowest BCUT2D eigenvalue weighted by Gasteiger charge is -2.26. The molecule has 108 valence electrons. The molecule has 0 unspecified atom stereocenters. The number of amides is 2. The number of carbonyl (C=O) groups is 1. The highest BCUT2D eigenvalue weighted by Crippen LogP contribution is 2.56. The first-order chi connectivity index (χ1) is 9.65. The van der Waals surface area contributed by atoms with Gasteiger partial charge in [0.25, 0.3) is 0 Å². The number of hydrogen-bond acceptors (Lipinski definition) is 2. The molecule has 2 saturated heterocycles. The number of benzene rings is 1. The van der Waals surface area contributed by atoms with E-state index in [1.165, 1.54) is 0 Å². The van der Waals surface area contributed by atoms with Crippen LogP contribution in [0.2, 0.25) is 0 Å². The van der Waals surface area contributed by atoms with Gasteiger partial charge in [0.1, 0.15) is 0 Å². The summed E-state index contributed by atoms with van der Waals surface area (Å²) >= 11 is 0. The quantitative estimate of drug-likeness (QED) is 0.666. The summed E-state index contributed by atoms with van der Waals surface area (Å²) in [5, 5.41) is 2.76. The maximum atomic E-state index is 12.9. The van der Waals surface area contributed by atoms with Crippen LogP contribution in [0.25, 0.3) is 0 Å². The van der Waals surface area contributed by atoms with Gasteiger partial charge in [-0.2, -0.15) is 0 Å². The Balaban J connectivity index is 1.75. The van der Waals surface area contributed by atoms with Gasteiger partial charge in [-0.1, -0.05) is 18.2 Å². The van der Waals surface area contributed by atoms with Gasteiger partial charge >= 0.3 is 13.6 Å². The number of nitrogens with zero attached hydrogens (tertiary/aromatic N) is 3. The van der Waals surface area contributed by atoms with E-state index in [4.69, 9.17) is 0 Å². The van der Waals surface area contributed by atoms with Crippen molar-refractivity contribution in [3.8, 4) is 0 Å². The molecule has 0 atom stereocenters. The van der Waals surface area contributed by atoms with Crippen molar-refractivity contribution in [1.82, 2.24) is 14.4 Å². The van der Waals surface area contributed by atoms with Crippen LogP contribution in [0.15, 0.2) is 30.3 Å². The van der Waals surface area contributed by atoms with Crippen LogP contribution >= 0.6 is 7.59 Å². The fourth-order valence-corrected chi connectivity index (χ4v) is 4.46. The van der Waals surface area contributed by atoms with Crippen molar-refractivity contribution in [3.05, 3.63) is 30.3 Å². The predicted molar refractivity (Wildman–Crippen MR) is 78.7 cm³/mol. The molecule has 0 saturated carbocycles. The summed E-state index contributed by atoms with van der Waals surface area (Å²) in [4.78, 5) is 14.1. The largest absolute Gasteiger partial charge is 0.329 e. The zero-order chi connectivity index (χ0) is 14.2. The van der Waals surface area contributed by atoms with E-state index in [0.717, 1.165) is 31.9 Å². The van der Waals surface area contributed by atoms with Crippen LogP contribution in [0.5, 0.6) is 0 Å². The molecule has 2 aliphatic rings. The molecule has 2 aliphatic heterocycles. The molecule has 0 aliphatic carbocycles. The molecule has 0 bridgehead atoms. The number of nitrogens with one attached hydrogen (secondary N) is 1. The highest BCUT2D eigenvalue weighted by atomic mass is 31.2. The Morgan fingerprint density at radius 3 is 2.20 bits per heavy atom. The highest BCUT2D eigenvalue weighted by Gasteiger charge is 2.49. The molecule has 0 spiro atoms. The molecular weight excluding hydrogens is 275 g/mol. The van der Waals surface area contributed by atoms with Crippen molar-refractivity contribution < 1.29 is 9.36 Å². The van der Waals surface area contributed by atoms with Crippen LogP contribution in [0, 0.1) is 0 Å². The first-order valence-corrected chi connectivity index (χ1v) is 8.52. The van der Waals surface area contributed by atoms with E-state index in [0.29, 0.717) is 6.54 Å². The van der Waals surface area contributed by atoms with E-state index < -0.39 is 7.59 Å². The van der Waals surface area contributed by atoms with E-state index in [1.807, 2.05) is 46.6 Å². The topological polar surface area (TPSA) is 55.4 Å². The van der Waals surface area contributed by atoms with E-state index in [-0.39, 0.29) is 6.03 Å². The van der Waals surface area contributed by atoms with Gasteiger partial charge in [-0.05, 0) is 19.1 Å². The Morgan fingerprint density at radius 2 is 1.75 bits per heavy atom. The zero-order valence-electron chi connectivity index (χ0n) is 11.5. The van der Waals surface area contributed by atoms with Gasteiger partial charge < -0.3 is 0 Å². The van der Waals surface area contributed by atoms with E-state index in [9.17, 15) is 9.36 Å². The van der Waals surface area contributed by atoms with E-state index in [2.05, 4.69) is 5.09 Å². The lowest BCUT2D eigenvalue weighted by atomic mass is 10.3. The molecule has 0 aromatic heterocycles. The molecule has 3 rings (SSSR count). The molecule has 20 heavy (non-hydrogen) atoms. The first kappa shape index (κ1) is 13.6. The summed E-state index contributed by atoms with van der Waals surface area (Å²) < 4.78 is 16.6. The molecule has 6 nitrogen and oxygen atoms in total.